The number of unbranched alkanes of at least 4 members (excludes halogenated alkanes) is 3. The van der Waals surface area contributed by atoms with Crippen molar-refractivity contribution in [2.45, 2.75) is 52.0 Å². The Labute approximate surface area is 249 Å². The molecule has 1 fully saturated rings. The van der Waals surface area contributed by atoms with E-state index in [0.717, 1.165) is 47.4 Å². The Bertz CT molecular complexity index is 1280. The van der Waals surface area contributed by atoms with E-state index in [1.807, 2.05) is 49.1 Å². The van der Waals surface area contributed by atoms with Crippen molar-refractivity contribution >= 4 is 28.6 Å². The van der Waals surface area contributed by atoms with Gasteiger partial charge in [0.2, 0.25) is 0 Å². The van der Waals surface area contributed by atoms with Crippen molar-refractivity contribution < 1.29 is 14.3 Å². The van der Waals surface area contributed by atoms with Crippen LogP contribution in [-0.2, 0) is 11.2 Å². The fourth-order valence-corrected chi connectivity index (χ4v) is 6.10. The molecule has 0 saturated carbocycles. The van der Waals surface area contributed by atoms with E-state index in [0.29, 0.717) is 18.2 Å². The van der Waals surface area contributed by atoms with Gasteiger partial charge in [0.15, 0.2) is 0 Å². The molecule has 1 N–H and O–H groups in total. The molecule has 1 amide bonds. The average molecular weight is 581 g/mol. The van der Waals surface area contributed by atoms with Crippen LogP contribution in [0.25, 0.3) is 10.9 Å². The van der Waals surface area contributed by atoms with Crippen LogP contribution in [0.1, 0.15) is 62.4 Å². The van der Waals surface area contributed by atoms with Crippen LogP contribution >= 0.6 is 11.6 Å². The smallest absolute Gasteiger partial charge is 0.410 e. The van der Waals surface area contributed by atoms with Crippen LogP contribution < -0.4 is 4.74 Å². The maximum atomic E-state index is 13.2. The minimum atomic E-state index is -0.279. The largest absolute Gasteiger partial charge is 0.494 e. The van der Waals surface area contributed by atoms with Gasteiger partial charge in [0.05, 0.1) is 13.2 Å². The fourth-order valence-electron chi connectivity index (χ4n) is 5.92. The highest BCUT2D eigenvalue weighted by atomic mass is 35.5. The number of nitrogens with zero attached hydrogens (tertiary/aromatic N) is 3. The molecule has 5 rings (SSSR count). The zero-order chi connectivity index (χ0) is 28.8. The lowest BCUT2D eigenvalue weighted by atomic mass is 9.92. The van der Waals surface area contributed by atoms with E-state index in [9.17, 15) is 4.79 Å². The van der Waals surface area contributed by atoms with Crippen LogP contribution in [-0.4, -0.2) is 85.3 Å². The molecule has 2 aliphatic heterocycles. The number of rotatable bonds is 11. The molecule has 8 heteroatoms. The molecule has 41 heavy (non-hydrogen) atoms. The zero-order valence-corrected chi connectivity index (χ0v) is 25.6. The number of nitrogens with one attached hydrogen (secondary N) is 1. The number of likely N-dealkylation sites (N-methyl/N-ethyl adjacent to an activating group) is 1. The SMILES string of the molecule is CC(C)COC(=O)N1CCc2c([nH]c3ccc(Cl)cc23)C1c1ccc(OCCCCCCN2CCN(C)CC2)cc1. The maximum absolute atomic E-state index is 13.2. The van der Waals surface area contributed by atoms with Crippen molar-refractivity contribution in [3.8, 4) is 5.75 Å². The molecule has 0 bridgehead atoms. The Hall–Kier alpha value is -2.74. The summed E-state index contributed by atoms with van der Waals surface area (Å²) in [4.78, 5) is 23.7. The van der Waals surface area contributed by atoms with Crippen LogP contribution in [0.3, 0.4) is 0 Å². The van der Waals surface area contributed by atoms with E-state index >= 15 is 0 Å². The molecule has 1 atom stereocenters. The zero-order valence-electron chi connectivity index (χ0n) is 24.8. The average Bonchev–Trinajstić information content (AvgIpc) is 3.34. The molecule has 3 aromatic rings. The van der Waals surface area contributed by atoms with Crippen LogP contribution in [0.2, 0.25) is 5.02 Å². The number of piperazine rings is 1. The summed E-state index contributed by atoms with van der Waals surface area (Å²) in [7, 11) is 2.20. The van der Waals surface area contributed by atoms with Gasteiger partial charge in [0, 0.05) is 54.3 Å². The number of amides is 1. The summed E-state index contributed by atoms with van der Waals surface area (Å²) in [6, 6.07) is 13.9. The third-order valence-corrected chi connectivity index (χ3v) is 8.53. The number of aromatic nitrogens is 1. The molecular weight excluding hydrogens is 536 g/mol. The Morgan fingerprint density at radius 3 is 2.51 bits per heavy atom. The molecule has 1 aromatic heterocycles. The van der Waals surface area contributed by atoms with Crippen LogP contribution in [0.4, 0.5) is 4.79 Å². The number of aromatic amines is 1. The quantitative estimate of drug-likeness (QED) is 0.254. The van der Waals surface area contributed by atoms with Crippen LogP contribution in [0.15, 0.2) is 42.5 Å². The van der Waals surface area contributed by atoms with E-state index in [4.69, 9.17) is 21.1 Å². The summed E-state index contributed by atoms with van der Waals surface area (Å²) < 4.78 is 11.8. The highest BCUT2D eigenvalue weighted by molar-refractivity contribution is 6.31. The number of carbonyl (C=O) groups excluding carboxylic acids is 1. The lowest BCUT2D eigenvalue weighted by Gasteiger charge is -2.35. The molecule has 1 saturated heterocycles. The van der Waals surface area contributed by atoms with E-state index in [1.54, 1.807) is 0 Å². The number of H-pyrrole nitrogens is 1. The summed E-state index contributed by atoms with van der Waals surface area (Å²) in [5, 5.41) is 1.84. The van der Waals surface area contributed by atoms with Gasteiger partial charge < -0.3 is 24.3 Å². The van der Waals surface area contributed by atoms with Gasteiger partial charge in [-0.25, -0.2) is 4.79 Å². The van der Waals surface area contributed by atoms with E-state index in [-0.39, 0.29) is 18.1 Å². The van der Waals surface area contributed by atoms with Gasteiger partial charge >= 0.3 is 6.09 Å². The molecule has 0 radical (unpaired) electrons. The first-order chi connectivity index (χ1) is 19.9. The normalized spacial score (nSPS) is 18.2. The Morgan fingerprint density at radius 1 is 1.00 bits per heavy atom. The molecule has 7 nitrogen and oxygen atoms in total. The second-order valence-electron chi connectivity index (χ2n) is 12.0. The number of hydrogen-bond donors (Lipinski definition) is 1. The maximum Gasteiger partial charge on any atom is 0.410 e. The second-order valence-corrected chi connectivity index (χ2v) is 12.4. The predicted molar refractivity (Wildman–Crippen MR) is 166 cm³/mol. The molecular formula is C33H45ClN4O3. The van der Waals surface area contributed by atoms with Gasteiger partial charge in [-0.15, -0.1) is 0 Å². The number of benzene rings is 2. The van der Waals surface area contributed by atoms with Crippen LogP contribution in [0, 0.1) is 5.92 Å². The van der Waals surface area contributed by atoms with Crippen molar-refractivity contribution in [2.24, 2.45) is 5.92 Å². The highest BCUT2D eigenvalue weighted by Crippen LogP contribution is 2.39. The summed E-state index contributed by atoms with van der Waals surface area (Å²) in [5.74, 6) is 1.14. The van der Waals surface area contributed by atoms with E-state index < -0.39 is 0 Å². The predicted octanol–water partition coefficient (Wildman–Crippen LogP) is 6.75. The lowest BCUT2D eigenvalue weighted by Crippen LogP contribution is -2.44. The first-order valence-electron chi connectivity index (χ1n) is 15.3. The molecule has 222 valence electrons. The number of fused-ring (bicyclic) bond motifs is 3. The minimum absolute atomic E-state index is 0.265. The summed E-state index contributed by atoms with van der Waals surface area (Å²) in [6.07, 6.45) is 5.23. The Morgan fingerprint density at radius 2 is 1.76 bits per heavy atom. The van der Waals surface area contributed by atoms with Crippen molar-refractivity contribution in [3.05, 3.63) is 64.3 Å². The monoisotopic (exact) mass is 580 g/mol. The summed E-state index contributed by atoms with van der Waals surface area (Å²) in [6.45, 7) is 11.8. The van der Waals surface area contributed by atoms with Gasteiger partial charge in [-0.2, -0.15) is 0 Å². The van der Waals surface area contributed by atoms with E-state index in [1.165, 1.54) is 57.5 Å². The minimum Gasteiger partial charge on any atom is -0.494 e. The molecule has 0 aliphatic carbocycles. The third kappa shape index (κ3) is 7.56. The van der Waals surface area contributed by atoms with Gasteiger partial charge in [-0.3, -0.25) is 4.90 Å². The Kier molecular flexibility index (Phi) is 10.1. The van der Waals surface area contributed by atoms with Crippen molar-refractivity contribution in [3.63, 3.8) is 0 Å². The van der Waals surface area contributed by atoms with Crippen LogP contribution in [0.5, 0.6) is 5.75 Å². The van der Waals surface area contributed by atoms with Crippen molar-refractivity contribution in [1.29, 1.82) is 0 Å². The molecule has 0 spiro atoms. The second kappa shape index (κ2) is 14.0. The standard InChI is InChI=1S/C33H45ClN4O3/c1-24(2)23-41-33(39)38-16-14-28-29-22-26(34)10-13-30(29)35-31(28)32(38)25-8-11-27(12-9-25)40-21-7-5-4-6-15-37-19-17-36(3)18-20-37/h8-13,22,24,32,35H,4-7,14-21,23H2,1-3H3. The number of carbonyl (C=O) groups is 1. The molecule has 1 unspecified atom stereocenters. The number of halogens is 1. The topological polar surface area (TPSA) is 61.0 Å². The van der Waals surface area contributed by atoms with Crippen molar-refractivity contribution in [2.75, 3.05) is 59.5 Å². The number of hydrogen-bond acceptors (Lipinski definition) is 5. The summed E-state index contributed by atoms with van der Waals surface area (Å²) in [5.41, 5.74) is 4.31. The summed E-state index contributed by atoms with van der Waals surface area (Å²) >= 11 is 6.34. The first kappa shape index (κ1) is 29.7. The number of ether oxygens (including phenoxy) is 2. The highest BCUT2D eigenvalue weighted by Gasteiger charge is 2.35. The Balaban J connectivity index is 1.19. The molecule has 2 aromatic carbocycles. The van der Waals surface area contributed by atoms with Gasteiger partial charge in [-0.1, -0.05) is 50.4 Å². The van der Waals surface area contributed by atoms with Gasteiger partial charge in [0.1, 0.15) is 11.8 Å². The molecule has 3 heterocycles. The molecule has 2 aliphatic rings. The van der Waals surface area contributed by atoms with Gasteiger partial charge in [0.25, 0.3) is 0 Å². The third-order valence-electron chi connectivity index (χ3n) is 8.29. The first-order valence-corrected chi connectivity index (χ1v) is 15.6. The fraction of sp³-hybridized carbons (Fsp3) is 0.545. The lowest BCUT2D eigenvalue weighted by molar-refractivity contribution is 0.0797. The van der Waals surface area contributed by atoms with Crippen molar-refractivity contribution in [1.82, 2.24) is 19.7 Å². The van der Waals surface area contributed by atoms with Gasteiger partial charge in [-0.05, 0) is 80.2 Å². The van der Waals surface area contributed by atoms with E-state index in [2.05, 4.69) is 34.0 Å².